The van der Waals surface area contributed by atoms with Crippen LogP contribution in [-0.2, 0) is 0 Å². The van der Waals surface area contributed by atoms with Crippen LogP contribution in [0.2, 0.25) is 0 Å². The first kappa shape index (κ1) is 12.2. The van der Waals surface area contributed by atoms with Gasteiger partial charge in [0.2, 0.25) is 0 Å². The van der Waals surface area contributed by atoms with E-state index in [1.54, 1.807) is 13.8 Å². The van der Waals surface area contributed by atoms with E-state index in [0.717, 1.165) is 0 Å². The van der Waals surface area contributed by atoms with Crippen LogP contribution in [0.4, 0.5) is 4.79 Å². The lowest BCUT2D eigenvalue weighted by Crippen LogP contribution is -2.44. The smallest absolute Gasteiger partial charge is 0.314 e. The highest BCUT2D eigenvalue weighted by molar-refractivity contribution is 5.73. The highest BCUT2D eigenvalue weighted by Crippen LogP contribution is 1.96. The second-order valence-electron chi connectivity index (χ2n) is 4.27. The molecule has 0 aromatic heterocycles. The van der Waals surface area contributed by atoms with Crippen molar-refractivity contribution in [3.05, 3.63) is 0 Å². The van der Waals surface area contributed by atoms with Gasteiger partial charge in [-0.15, -0.1) is 0 Å². The van der Waals surface area contributed by atoms with Gasteiger partial charge in [0.15, 0.2) is 0 Å². The number of hydrogen-bond donors (Lipinski definition) is 3. The third-order valence-electron chi connectivity index (χ3n) is 1.35. The number of aliphatic hydroxyl groups is 1. The molecule has 13 heavy (non-hydrogen) atoms. The molecule has 0 radical (unpaired) electrons. The highest BCUT2D eigenvalue weighted by atomic mass is 16.3. The second-order valence-corrected chi connectivity index (χ2v) is 4.27. The summed E-state index contributed by atoms with van der Waals surface area (Å²) in [5, 5.41) is 14.6. The Morgan fingerprint density at radius 1 is 1.38 bits per heavy atom. The number of rotatable bonds is 4. The third kappa shape index (κ3) is 9.14. The third-order valence-corrected chi connectivity index (χ3v) is 1.35. The molecule has 0 aliphatic carbocycles. The minimum absolute atomic E-state index is 0.226. The van der Waals surface area contributed by atoms with Crippen LogP contribution in [0.25, 0.3) is 0 Å². The summed E-state index contributed by atoms with van der Waals surface area (Å²) in [6.07, 6.45) is 0. The van der Waals surface area contributed by atoms with Crippen molar-refractivity contribution in [3.63, 3.8) is 0 Å². The molecular weight excluding hydrogens is 168 g/mol. The fraction of sp³-hybridized carbons (Fsp3) is 0.889. The van der Waals surface area contributed by atoms with Gasteiger partial charge in [-0.25, -0.2) is 4.79 Å². The number of urea groups is 1. The van der Waals surface area contributed by atoms with E-state index in [1.165, 1.54) is 0 Å². The summed E-state index contributed by atoms with van der Waals surface area (Å²) in [7, 11) is 0. The Morgan fingerprint density at radius 2 is 1.92 bits per heavy atom. The zero-order valence-corrected chi connectivity index (χ0v) is 8.85. The summed E-state index contributed by atoms with van der Waals surface area (Å²) < 4.78 is 0. The van der Waals surface area contributed by atoms with Gasteiger partial charge in [0.1, 0.15) is 0 Å². The van der Waals surface area contributed by atoms with Gasteiger partial charge in [-0.05, 0) is 19.8 Å². The van der Waals surface area contributed by atoms with Gasteiger partial charge in [0, 0.05) is 13.1 Å². The van der Waals surface area contributed by atoms with Crippen molar-refractivity contribution in [1.82, 2.24) is 10.6 Å². The van der Waals surface area contributed by atoms with Crippen molar-refractivity contribution in [2.24, 2.45) is 5.92 Å². The monoisotopic (exact) mass is 188 g/mol. The molecule has 0 fully saturated rings. The van der Waals surface area contributed by atoms with Gasteiger partial charge in [-0.1, -0.05) is 13.8 Å². The Labute approximate surface area is 79.7 Å². The number of amides is 2. The Morgan fingerprint density at radius 3 is 2.31 bits per heavy atom. The summed E-state index contributed by atoms with van der Waals surface area (Å²) in [6, 6.07) is -0.226. The number of carbonyl (C=O) groups is 1. The predicted octanol–water partition coefficient (Wildman–Crippen LogP) is 0.712. The zero-order valence-electron chi connectivity index (χ0n) is 8.85. The molecule has 0 heterocycles. The van der Waals surface area contributed by atoms with Crippen molar-refractivity contribution in [2.75, 3.05) is 13.1 Å². The Kier molecular flexibility index (Phi) is 4.77. The zero-order chi connectivity index (χ0) is 10.5. The molecule has 4 nitrogen and oxygen atoms in total. The van der Waals surface area contributed by atoms with Crippen molar-refractivity contribution in [2.45, 2.75) is 33.3 Å². The van der Waals surface area contributed by atoms with Crippen LogP contribution in [-0.4, -0.2) is 29.8 Å². The molecule has 0 aliphatic heterocycles. The van der Waals surface area contributed by atoms with Gasteiger partial charge in [0.05, 0.1) is 5.60 Å². The average molecular weight is 188 g/mol. The van der Waals surface area contributed by atoms with Gasteiger partial charge in [-0.3, -0.25) is 0 Å². The lowest BCUT2D eigenvalue weighted by atomic mass is 10.1. The minimum Gasteiger partial charge on any atom is -0.389 e. The van der Waals surface area contributed by atoms with E-state index in [1.807, 2.05) is 13.8 Å². The number of carbonyl (C=O) groups excluding carboxylic acids is 1. The standard InChI is InChI=1S/C9H20N2O2/c1-7(2)5-10-8(12)11-6-9(3,4)13/h7,13H,5-6H2,1-4H3,(H2,10,11,12). The Hall–Kier alpha value is -0.770. The van der Waals surface area contributed by atoms with Gasteiger partial charge >= 0.3 is 6.03 Å². The van der Waals surface area contributed by atoms with Gasteiger partial charge in [0.25, 0.3) is 0 Å². The topological polar surface area (TPSA) is 61.4 Å². The molecule has 3 N–H and O–H groups in total. The lowest BCUT2D eigenvalue weighted by Gasteiger charge is -2.18. The Bertz CT molecular complexity index is 161. The van der Waals surface area contributed by atoms with Crippen LogP contribution in [0.15, 0.2) is 0 Å². The lowest BCUT2D eigenvalue weighted by molar-refractivity contribution is 0.0819. The quantitative estimate of drug-likeness (QED) is 0.608. The summed E-state index contributed by atoms with van der Waals surface area (Å²) >= 11 is 0. The molecule has 0 spiro atoms. The molecule has 0 rings (SSSR count). The molecule has 0 bridgehead atoms. The van der Waals surface area contributed by atoms with E-state index in [-0.39, 0.29) is 12.6 Å². The van der Waals surface area contributed by atoms with Crippen LogP contribution in [0.5, 0.6) is 0 Å². The number of nitrogens with one attached hydrogen (secondary N) is 2. The van der Waals surface area contributed by atoms with Crippen LogP contribution in [0.1, 0.15) is 27.7 Å². The van der Waals surface area contributed by atoms with Crippen LogP contribution < -0.4 is 10.6 Å². The summed E-state index contributed by atoms with van der Waals surface area (Å²) in [4.78, 5) is 11.1. The predicted molar refractivity (Wildman–Crippen MR) is 52.5 cm³/mol. The first-order valence-electron chi connectivity index (χ1n) is 4.55. The molecule has 4 heteroatoms. The second kappa shape index (κ2) is 5.07. The highest BCUT2D eigenvalue weighted by Gasteiger charge is 2.13. The van der Waals surface area contributed by atoms with Gasteiger partial charge in [-0.2, -0.15) is 0 Å². The first-order valence-corrected chi connectivity index (χ1v) is 4.55. The average Bonchev–Trinajstić information content (AvgIpc) is 1.95. The maximum atomic E-state index is 11.1. The van der Waals surface area contributed by atoms with E-state index in [0.29, 0.717) is 12.5 Å². The van der Waals surface area contributed by atoms with E-state index >= 15 is 0 Å². The molecule has 0 aliphatic rings. The van der Waals surface area contributed by atoms with Crippen molar-refractivity contribution in [1.29, 1.82) is 0 Å². The minimum atomic E-state index is -0.852. The molecule has 0 unspecified atom stereocenters. The SMILES string of the molecule is CC(C)CNC(=O)NCC(C)(C)O. The van der Waals surface area contributed by atoms with E-state index in [4.69, 9.17) is 0 Å². The molecule has 78 valence electrons. The van der Waals surface area contributed by atoms with Crippen molar-refractivity contribution in [3.8, 4) is 0 Å². The first-order chi connectivity index (χ1) is 5.81. The molecular formula is C9H20N2O2. The van der Waals surface area contributed by atoms with Gasteiger partial charge < -0.3 is 15.7 Å². The maximum absolute atomic E-state index is 11.1. The van der Waals surface area contributed by atoms with E-state index < -0.39 is 5.60 Å². The van der Waals surface area contributed by atoms with Crippen molar-refractivity contribution < 1.29 is 9.90 Å². The molecule has 0 aromatic carbocycles. The van der Waals surface area contributed by atoms with Crippen molar-refractivity contribution >= 4 is 6.03 Å². The fourth-order valence-corrected chi connectivity index (χ4v) is 0.656. The largest absolute Gasteiger partial charge is 0.389 e. The molecule has 0 atom stereocenters. The number of hydrogen-bond acceptors (Lipinski definition) is 2. The Balaban J connectivity index is 3.53. The van der Waals surface area contributed by atoms with E-state index in [9.17, 15) is 9.90 Å². The summed E-state index contributed by atoms with van der Waals surface area (Å²) in [5.41, 5.74) is -0.852. The molecule has 0 aromatic rings. The van der Waals surface area contributed by atoms with Crippen LogP contribution in [0, 0.1) is 5.92 Å². The molecule has 2 amide bonds. The summed E-state index contributed by atoms with van der Waals surface area (Å²) in [5.74, 6) is 0.438. The molecule has 0 saturated carbocycles. The summed E-state index contributed by atoms with van der Waals surface area (Å²) in [6.45, 7) is 8.26. The normalized spacial score (nSPS) is 11.5. The maximum Gasteiger partial charge on any atom is 0.314 e. The van der Waals surface area contributed by atoms with Crippen LogP contribution in [0.3, 0.4) is 0 Å². The van der Waals surface area contributed by atoms with E-state index in [2.05, 4.69) is 10.6 Å². The molecule has 0 saturated heterocycles. The van der Waals surface area contributed by atoms with Crippen LogP contribution >= 0.6 is 0 Å². The fourth-order valence-electron chi connectivity index (χ4n) is 0.656.